The Bertz CT molecular complexity index is 475. The minimum Gasteiger partial charge on any atom is -0.465 e. The van der Waals surface area contributed by atoms with Crippen LogP contribution in [0.15, 0.2) is 0 Å². The fourth-order valence-electron chi connectivity index (χ4n) is 2.63. The number of methoxy groups -OCH3 is 1. The van der Waals surface area contributed by atoms with E-state index in [1.807, 2.05) is 6.92 Å². The van der Waals surface area contributed by atoms with Crippen molar-refractivity contribution in [3.8, 4) is 0 Å². The van der Waals surface area contributed by atoms with Crippen molar-refractivity contribution in [1.82, 2.24) is 9.88 Å². The average Bonchev–Trinajstić information content (AvgIpc) is 2.71. The molecule has 0 radical (unpaired) electrons. The number of carbonyl (C=O) groups excluding carboxylic acids is 1. The highest BCUT2D eigenvalue weighted by atomic mass is 32.1. The quantitative estimate of drug-likeness (QED) is 0.800. The number of esters is 1. The molecule has 112 valence electrons. The lowest BCUT2D eigenvalue weighted by atomic mass is 10.2. The molecule has 1 fully saturated rings. The second kappa shape index (κ2) is 6.54. The Hall–Kier alpha value is -1.14. The molecule has 1 aliphatic heterocycles. The lowest BCUT2D eigenvalue weighted by molar-refractivity contribution is 0.0605. The number of thiazole rings is 1. The lowest BCUT2D eigenvalue weighted by Crippen LogP contribution is -2.39. The van der Waals surface area contributed by atoms with Crippen LogP contribution in [0.25, 0.3) is 0 Å². The van der Waals surface area contributed by atoms with E-state index in [2.05, 4.69) is 28.8 Å². The number of nitrogens with zero attached hydrogens (tertiary/aromatic N) is 3. The molecule has 0 aromatic carbocycles. The highest BCUT2D eigenvalue weighted by molar-refractivity contribution is 7.17. The van der Waals surface area contributed by atoms with Gasteiger partial charge in [-0.3, -0.25) is 0 Å². The SMILES string of the molecule is CCC1CN(C)CCCN1c1nc(C)c(C(=O)OC)s1. The maximum atomic E-state index is 11.7. The van der Waals surface area contributed by atoms with Gasteiger partial charge in [0.05, 0.1) is 12.8 Å². The Morgan fingerprint density at radius 2 is 2.25 bits per heavy atom. The molecule has 2 heterocycles. The van der Waals surface area contributed by atoms with Gasteiger partial charge < -0.3 is 14.5 Å². The Kier molecular flexibility index (Phi) is 4.99. The van der Waals surface area contributed by atoms with Crippen molar-refractivity contribution in [3.63, 3.8) is 0 Å². The molecular formula is C14H23N3O2S. The Morgan fingerprint density at radius 1 is 1.50 bits per heavy atom. The monoisotopic (exact) mass is 297 g/mol. The van der Waals surface area contributed by atoms with Crippen molar-refractivity contribution in [2.45, 2.75) is 32.7 Å². The second-order valence-corrected chi connectivity index (χ2v) is 6.25. The molecule has 1 saturated heterocycles. The number of anilines is 1. The molecule has 5 nitrogen and oxygen atoms in total. The standard InChI is InChI=1S/C14H23N3O2S/c1-5-11-9-16(3)7-6-8-17(11)14-15-10(2)12(20-14)13(18)19-4/h11H,5-9H2,1-4H3. The van der Waals surface area contributed by atoms with Crippen LogP contribution < -0.4 is 4.90 Å². The molecule has 0 aliphatic carbocycles. The van der Waals surface area contributed by atoms with Crippen LogP contribution in [0.1, 0.15) is 35.1 Å². The third-order valence-electron chi connectivity index (χ3n) is 3.78. The van der Waals surface area contributed by atoms with Gasteiger partial charge in [0.25, 0.3) is 0 Å². The van der Waals surface area contributed by atoms with Crippen LogP contribution >= 0.6 is 11.3 Å². The van der Waals surface area contributed by atoms with Crippen molar-refractivity contribution >= 4 is 22.4 Å². The first-order chi connectivity index (χ1) is 9.56. The Morgan fingerprint density at radius 3 is 2.90 bits per heavy atom. The van der Waals surface area contributed by atoms with Gasteiger partial charge in [-0.1, -0.05) is 18.3 Å². The predicted octanol–water partition coefficient (Wildman–Crippen LogP) is 2.16. The number of hydrogen-bond acceptors (Lipinski definition) is 6. The van der Waals surface area contributed by atoms with Crippen LogP contribution in [-0.4, -0.2) is 55.7 Å². The van der Waals surface area contributed by atoms with Gasteiger partial charge in [0.1, 0.15) is 4.88 Å². The first-order valence-corrected chi connectivity index (χ1v) is 7.89. The molecule has 0 saturated carbocycles. The van der Waals surface area contributed by atoms with Gasteiger partial charge in [-0.25, -0.2) is 9.78 Å². The summed E-state index contributed by atoms with van der Waals surface area (Å²) in [5.41, 5.74) is 0.768. The van der Waals surface area contributed by atoms with Crippen LogP contribution in [0.2, 0.25) is 0 Å². The minimum atomic E-state index is -0.286. The summed E-state index contributed by atoms with van der Waals surface area (Å²) in [4.78, 5) is 21.7. The Labute approximate surface area is 124 Å². The number of carbonyl (C=O) groups is 1. The van der Waals surface area contributed by atoms with Crippen LogP contribution in [-0.2, 0) is 4.74 Å². The van der Waals surface area contributed by atoms with E-state index in [0.29, 0.717) is 10.9 Å². The molecular weight excluding hydrogens is 274 g/mol. The first-order valence-electron chi connectivity index (χ1n) is 7.07. The third kappa shape index (κ3) is 3.12. The molecule has 0 amide bonds. The number of aryl methyl sites for hydroxylation is 1. The van der Waals surface area contributed by atoms with Gasteiger partial charge >= 0.3 is 5.97 Å². The summed E-state index contributed by atoms with van der Waals surface area (Å²) < 4.78 is 4.82. The van der Waals surface area contributed by atoms with Crippen LogP contribution in [0, 0.1) is 6.92 Å². The number of hydrogen-bond donors (Lipinski definition) is 0. The number of aromatic nitrogens is 1. The maximum Gasteiger partial charge on any atom is 0.350 e. The summed E-state index contributed by atoms with van der Waals surface area (Å²) >= 11 is 1.45. The summed E-state index contributed by atoms with van der Waals surface area (Å²) in [6.07, 6.45) is 2.20. The minimum absolute atomic E-state index is 0.286. The molecule has 1 unspecified atom stereocenters. The summed E-state index contributed by atoms with van der Waals surface area (Å²) in [6, 6.07) is 0.457. The van der Waals surface area contributed by atoms with Crippen molar-refractivity contribution in [1.29, 1.82) is 0 Å². The van der Waals surface area contributed by atoms with Gasteiger partial charge in [0, 0.05) is 19.1 Å². The molecule has 0 N–H and O–H groups in total. The normalized spacial score (nSPS) is 20.8. The van der Waals surface area contributed by atoms with Gasteiger partial charge in [-0.05, 0) is 33.4 Å². The van der Waals surface area contributed by atoms with E-state index in [1.54, 1.807) is 0 Å². The largest absolute Gasteiger partial charge is 0.465 e. The topological polar surface area (TPSA) is 45.7 Å². The van der Waals surface area contributed by atoms with Crippen molar-refractivity contribution in [2.24, 2.45) is 0 Å². The molecule has 0 spiro atoms. The van der Waals surface area contributed by atoms with Crippen molar-refractivity contribution < 1.29 is 9.53 Å². The van der Waals surface area contributed by atoms with Crippen LogP contribution in [0.3, 0.4) is 0 Å². The molecule has 6 heteroatoms. The maximum absolute atomic E-state index is 11.7. The zero-order valence-electron chi connectivity index (χ0n) is 12.7. The van der Waals surface area contributed by atoms with E-state index in [0.717, 1.165) is 43.3 Å². The first kappa shape index (κ1) is 15.3. The van der Waals surface area contributed by atoms with Crippen LogP contribution in [0.4, 0.5) is 5.13 Å². The number of rotatable bonds is 3. The average molecular weight is 297 g/mol. The second-order valence-electron chi connectivity index (χ2n) is 5.27. The van der Waals surface area contributed by atoms with Gasteiger partial charge in [-0.15, -0.1) is 0 Å². The van der Waals surface area contributed by atoms with Gasteiger partial charge in [-0.2, -0.15) is 0 Å². The van der Waals surface area contributed by atoms with E-state index in [-0.39, 0.29) is 5.97 Å². The summed E-state index contributed by atoms with van der Waals surface area (Å²) in [7, 11) is 3.58. The summed E-state index contributed by atoms with van der Waals surface area (Å²) in [5.74, 6) is -0.286. The molecule has 1 atom stereocenters. The lowest BCUT2D eigenvalue weighted by Gasteiger charge is -2.29. The number of ether oxygens (including phenoxy) is 1. The summed E-state index contributed by atoms with van der Waals surface area (Å²) in [6.45, 7) is 7.23. The van der Waals surface area contributed by atoms with Gasteiger partial charge in [0.15, 0.2) is 5.13 Å². The molecule has 1 aliphatic rings. The van der Waals surface area contributed by atoms with Crippen LogP contribution in [0.5, 0.6) is 0 Å². The zero-order valence-corrected chi connectivity index (χ0v) is 13.5. The predicted molar refractivity (Wildman–Crippen MR) is 81.7 cm³/mol. The number of likely N-dealkylation sites (N-methyl/N-ethyl adjacent to an activating group) is 1. The van der Waals surface area contributed by atoms with Crippen molar-refractivity contribution in [2.75, 3.05) is 38.7 Å². The van der Waals surface area contributed by atoms with E-state index in [4.69, 9.17) is 4.74 Å². The van der Waals surface area contributed by atoms with E-state index >= 15 is 0 Å². The third-order valence-corrected chi connectivity index (χ3v) is 4.95. The highest BCUT2D eigenvalue weighted by Gasteiger charge is 2.26. The molecule has 2 rings (SSSR count). The van der Waals surface area contributed by atoms with E-state index in [9.17, 15) is 4.79 Å². The fourth-order valence-corrected chi connectivity index (χ4v) is 3.71. The summed E-state index contributed by atoms with van der Waals surface area (Å²) in [5, 5.41) is 0.949. The smallest absolute Gasteiger partial charge is 0.350 e. The van der Waals surface area contributed by atoms with Crippen molar-refractivity contribution in [3.05, 3.63) is 10.6 Å². The molecule has 0 bridgehead atoms. The zero-order chi connectivity index (χ0) is 14.7. The van der Waals surface area contributed by atoms with E-state index in [1.165, 1.54) is 18.4 Å². The van der Waals surface area contributed by atoms with E-state index < -0.39 is 0 Å². The molecule has 20 heavy (non-hydrogen) atoms. The van der Waals surface area contributed by atoms with Gasteiger partial charge in [0.2, 0.25) is 0 Å². The molecule has 1 aromatic rings. The fraction of sp³-hybridized carbons (Fsp3) is 0.714. The highest BCUT2D eigenvalue weighted by Crippen LogP contribution is 2.30. The Balaban J connectivity index is 2.26. The molecule has 1 aromatic heterocycles.